The Morgan fingerprint density at radius 2 is 1.33 bits per heavy atom. The number of para-hydroxylation sites is 1. The number of benzene rings is 6. The van der Waals surface area contributed by atoms with E-state index in [2.05, 4.69) is 96.4 Å². The van der Waals surface area contributed by atoms with E-state index in [1.54, 1.807) is 6.07 Å². The Labute approximate surface area is 414 Å². The van der Waals surface area contributed by atoms with Gasteiger partial charge in [0.05, 0.1) is 27.8 Å². The molecule has 0 bridgehead atoms. The molecule has 0 saturated heterocycles. The van der Waals surface area contributed by atoms with Crippen LogP contribution in [0.25, 0.3) is 72.7 Å². The molecule has 0 aliphatic rings. The van der Waals surface area contributed by atoms with Gasteiger partial charge in [-0.05, 0) is 105 Å². The van der Waals surface area contributed by atoms with Gasteiger partial charge in [-0.15, -0.1) is 29.3 Å². The summed E-state index contributed by atoms with van der Waals surface area (Å²) < 4.78 is 113. The number of hydrogen-bond acceptors (Lipinski definition) is 3. The molecule has 64 heavy (non-hydrogen) atoms. The molecule has 5 heteroatoms. The fourth-order valence-corrected chi connectivity index (χ4v) is 7.94. The quantitative estimate of drug-likeness (QED) is 0.162. The summed E-state index contributed by atoms with van der Waals surface area (Å²) in [5, 5.41) is 11.9. The van der Waals surface area contributed by atoms with Crippen LogP contribution in [0, 0.1) is 25.3 Å². The van der Waals surface area contributed by atoms with Gasteiger partial charge >= 0.3 is 0 Å². The average molecular weight is 1040 g/mol. The van der Waals surface area contributed by atoms with E-state index in [0.717, 1.165) is 39.0 Å². The molecule has 0 atom stereocenters. The van der Waals surface area contributed by atoms with E-state index in [9.17, 15) is 5.11 Å². The smallest absolute Gasteiger partial charge is 0.148 e. The number of pyridine rings is 1. The molecule has 6 aromatic carbocycles. The monoisotopic (exact) mass is 1040 g/mol. The first-order chi connectivity index (χ1) is 35.0. The van der Waals surface area contributed by atoms with Crippen molar-refractivity contribution in [2.75, 3.05) is 0 Å². The van der Waals surface area contributed by atoms with Crippen LogP contribution in [0.5, 0.6) is 5.75 Å². The van der Waals surface area contributed by atoms with Crippen LogP contribution in [0.1, 0.15) is 122 Å². The SMILES string of the molecule is [2H]c1c([2H])c(C(C([2H])([2H])[2H])(C([2H])([2H])[2H])C([2H])([2H])[2H])c([2H])c([2H])c1-c1ccnc(-c2[c-]c(-c3cccc4c3nc(-c3cc(C)cc(C)c3O)n4-c3ccc(C(C)(C)C(C)(C)C)cc3-c3ccccc3)cc(C(C)(C)C)c2)c1.[Pt]. The maximum Gasteiger partial charge on any atom is 0.148 e. The molecular weight excluding hydrogens is 962 g/mol. The van der Waals surface area contributed by atoms with Crippen LogP contribution < -0.4 is 0 Å². The average Bonchev–Trinajstić information content (AvgIpc) is 3.72. The second kappa shape index (κ2) is 17.1. The number of fused-ring (bicyclic) bond motifs is 1. The van der Waals surface area contributed by atoms with Gasteiger partial charge in [0.15, 0.2) is 0 Å². The number of phenolic OH excluding ortho intramolecular Hbond substituents is 1. The molecule has 0 amide bonds. The van der Waals surface area contributed by atoms with Gasteiger partial charge in [0.2, 0.25) is 0 Å². The number of aromatic nitrogens is 3. The van der Waals surface area contributed by atoms with Gasteiger partial charge in [0, 0.05) is 50.9 Å². The maximum atomic E-state index is 11.9. The van der Waals surface area contributed by atoms with Crippen molar-refractivity contribution in [1.82, 2.24) is 14.5 Å². The Bertz CT molecular complexity index is 3520. The Balaban J connectivity index is 0.00000861. The summed E-state index contributed by atoms with van der Waals surface area (Å²) in [6, 6.07) is 33.3. The molecular formula is C59H62N3OPt-. The van der Waals surface area contributed by atoms with Crippen LogP contribution >= 0.6 is 0 Å². The molecule has 2 aromatic heterocycles. The molecule has 1 N–H and O–H groups in total. The van der Waals surface area contributed by atoms with Crippen LogP contribution in [0.4, 0.5) is 0 Å². The van der Waals surface area contributed by atoms with Crippen molar-refractivity contribution in [3.8, 4) is 67.5 Å². The van der Waals surface area contributed by atoms with Crippen molar-refractivity contribution in [2.45, 2.75) is 106 Å². The molecule has 0 spiro atoms. The summed E-state index contributed by atoms with van der Waals surface area (Å²) >= 11 is 0. The largest absolute Gasteiger partial charge is 0.507 e. The third-order valence-corrected chi connectivity index (χ3v) is 12.6. The number of imidazole rings is 1. The van der Waals surface area contributed by atoms with Crippen LogP contribution in [-0.4, -0.2) is 19.6 Å². The van der Waals surface area contributed by atoms with E-state index >= 15 is 0 Å². The minimum atomic E-state index is -3.81. The second-order valence-corrected chi connectivity index (χ2v) is 19.3. The molecule has 330 valence electrons. The Kier molecular flexibility index (Phi) is 8.58. The number of rotatable bonds is 7. The van der Waals surface area contributed by atoms with Gasteiger partial charge in [-0.1, -0.05) is 172 Å². The van der Waals surface area contributed by atoms with Crippen molar-refractivity contribution in [3.63, 3.8) is 0 Å². The predicted octanol–water partition coefficient (Wildman–Crippen LogP) is 15.8. The molecule has 2 heterocycles. The van der Waals surface area contributed by atoms with Crippen molar-refractivity contribution in [1.29, 1.82) is 0 Å². The standard InChI is InChI=1S/C59H62N3O.Pt/c1-37-30-38(2)54(63)49(31-37)55-61-53-47(20-17-21-52(53)62(55)51-27-26-45(59(12,13)58(9,10)11)36-48(51)40-18-15-14-16-19-40)42-32-43(34-46(33-42)57(6,7)8)50-35-41(28-29-60-50)39-22-24-44(25-23-39)56(3,4)5;/h14-31,33-36,63H,1-13H3;/q-1;/i3D3,4D3,5D3,22D,23D,24D,25D;. The fourth-order valence-electron chi connectivity index (χ4n) is 7.94. The summed E-state index contributed by atoms with van der Waals surface area (Å²) in [5.74, 6) is 0.626. The first-order valence-corrected chi connectivity index (χ1v) is 21.2. The number of phenols is 1. The second-order valence-electron chi connectivity index (χ2n) is 19.3. The molecule has 8 aromatic rings. The van der Waals surface area contributed by atoms with E-state index in [4.69, 9.17) is 27.8 Å². The summed E-state index contributed by atoms with van der Waals surface area (Å²) in [7, 11) is 0. The number of aryl methyl sites for hydroxylation is 2. The van der Waals surface area contributed by atoms with Crippen LogP contribution in [0.2, 0.25) is 0 Å². The van der Waals surface area contributed by atoms with Gasteiger partial charge in [-0.2, -0.15) is 0 Å². The van der Waals surface area contributed by atoms with Crippen molar-refractivity contribution >= 4 is 11.0 Å². The minimum absolute atomic E-state index is 0. The molecule has 0 aliphatic heterocycles. The van der Waals surface area contributed by atoms with Crippen LogP contribution in [0.15, 0.2) is 133 Å². The number of nitrogens with zero attached hydrogens (tertiary/aromatic N) is 3. The summed E-state index contributed by atoms with van der Waals surface area (Å²) in [4.78, 5) is 10.2. The van der Waals surface area contributed by atoms with Gasteiger partial charge in [-0.25, -0.2) is 4.98 Å². The van der Waals surface area contributed by atoms with Gasteiger partial charge < -0.3 is 5.11 Å². The number of aromatic hydroxyl groups is 1. The van der Waals surface area contributed by atoms with Gasteiger partial charge in [0.25, 0.3) is 0 Å². The normalized spacial score (nSPS) is 15.9. The van der Waals surface area contributed by atoms with E-state index in [0.29, 0.717) is 44.9 Å². The minimum Gasteiger partial charge on any atom is -0.507 e. The topological polar surface area (TPSA) is 50.9 Å². The van der Waals surface area contributed by atoms with Crippen molar-refractivity contribution in [3.05, 3.63) is 167 Å². The first kappa shape index (κ1) is 32.1. The Morgan fingerprint density at radius 3 is 2.00 bits per heavy atom. The first-order valence-electron chi connectivity index (χ1n) is 27.7. The third kappa shape index (κ3) is 8.79. The molecule has 4 nitrogen and oxygen atoms in total. The van der Waals surface area contributed by atoms with Crippen LogP contribution in [0.3, 0.4) is 0 Å². The zero-order valence-corrected chi connectivity index (χ0v) is 40.3. The van der Waals surface area contributed by atoms with E-state index in [1.165, 1.54) is 12.3 Å². The summed E-state index contributed by atoms with van der Waals surface area (Å²) in [5.41, 5.74) is 4.70. The molecule has 8 rings (SSSR count). The fraction of sp³-hybridized carbons (Fsp3) is 0.288. The van der Waals surface area contributed by atoms with Crippen LogP contribution in [-0.2, 0) is 37.3 Å². The van der Waals surface area contributed by atoms with Crippen molar-refractivity contribution in [2.24, 2.45) is 5.41 Å². The van der Waals surface area contributed by atoms with E-state index in [1.807, 2.05) is 74.5 Å². The van der Waals surface area contributed by atoms with E-state index < -0.39 is 61.1 Å². The van der Waals surface area contributed by atoms with Gasteiger partial charge in [0.1, 0.15) is 11.6 Å². The van der Waals surface area contributed by atoms with Gasteiger partial charge in [-0.3, -0.25) is 9.55 Å². The number of hydrogen-bond donors (Lipinski definition) is 1. The molecule has 0 aliphatic carbocycles. The molecule has 0 saturated carbocycles. The predicted molar refractivity (Wildman–Crippen MR) is 266 cm³/mol. The Hall–Kier alpha value is -5.57. The summed E-state index contributed by atoms with van der Waals surface area (Å²) in [6.45, 7) is 9.87. The van der Waals surface area contributed by atoms with E-state index in [-0.39, 0.29) is 48.8 Å². The molecule has 0 fully saturated rings. The van der Waals surface area contributed by atoms with Crippen molar-refractivity contribution < 1.29 is 44.0 Å². The molecule has 0 radical (unpaired) electrons. The Morgan fingerprint density at radius 1 is 0.625 bits per heavy atom. The zero-order chi connectivity index (χ0) is 56.2. The zero-order valence-electron chi connectivity index (χ0n) is 51.0. The molecule has 0 unspecified atom stereocenters. The third-order valence-electron chi connectivity index (χ3n) is 12.6. The summed E-state index contributed by atoms with van der Waals surface area (Å²) in [6.07, 6.45) is 1.42. The maximum absolute atomic E-state index is 11.9.